The molecule has 3 rings (SSSR count). The van der Waals surface area contributed by atoms with E-state index in [1.54, 1.807) is 0 Å². The van der Waals surface area contributed by atoms with Gasteiger partial charge in [0.15, 0.2) is 0 Å². The molecule has 2 aromatic rings. The van der Waals surface area contributed by atoms with Crippen LogP contribution in [0.25, 0.3) is 0 Å². The molecule has 0 saturated carbocycles. The number of aryl methyl sites for hydroxylation is 2. The van der Waals surface area contributed by atoms with Crippen molar-refractivity contribution < 1.29 is 19.5 Å². The van der Waals surface area contributed by atoms with Crippen LogP contribution in [-0.2, 0) is 27.2 Å². The molecular formula is C32H43NO4. The number of nitrogens with zero attached hydrogens (tertiary/aromatic N) is 1. The molecular weight excluding hydrogens is 462 g/mol. The van der Waals surface area contributed by atoms with Gasteiger partial charge >= 0.3 is 5.97 Å². The number of amides is 1. The number of piperidine rings is 1. The number of hydrogen-bond acceptors (Lipinski definition) is 3. The monoisotopic (exact) mass is 505 g/mol. The van der Waals surface area contributed by atoms with E-state index in [-0.39, 0.29) is 0 Å². The smallest absolute Gasteiger partial charge is 0.326 e. The first-order chi connectivity index (χ1) is 17.8. The van der Waals surface area contributed by atoms with Gasteiger partial charge in [-0.25, -0.2) is 4.79 Å². The largest absolute Gasteiger partial charge is 0.480 e. The van der Waals surface area contributed by atoms with Gasteiger partial charge in [0.2, 0.25) is 5.78 Å². The maximum absolute atomic E-state index is 13.3. The Balaban J connectivity index is 1.58. The minimum atomic E-state index is -1.02. The minimum absolute atomic E-state index is 0.346. The van der Waals surface area contributed by atoms with E-state index in [2.05, 4.69) is 48.5 Å². The molecule has 0 bridgehead atoms. The van der Waals surface area contributed by atoms with E-state index in [0.29, 0.717) is 25.3 Å². The van der Waals surface area contributed by atoms with Crippen molar-refractivity contribution in [3.05, 3.63) is 71.8 Å². The Morgan fingerprint density at radius 3 is 1.92 bits per heavy atom. The lowest BCUT2D eigenvalue weighted by atomic mass is 9.78. The highest BCUT2D eigenvalue weighted by Gasteiger charge is 2.40. The normalized spacial score (nSPS) is 16.1. The average Bonchev–Trinajstić information content (AvgIpc) is 2.91. The second kappa shape index (κ2) is 14.1. The molecule has 5 heteroatoms. The van der Waals surface area contributed by atoms with Gasteiger partial charge in [-0.1, -0.05) is 87.4 Å². The van der Waals surface area contributed by atoms with E-state index in [1.165, 1.54) is 16.0 Å². The average molecular weight is 506 g/mol. The Bertz CT molecular complexity index is 956. The van der Waals surface area contributed by atoms with Crippen LogP contribution in [-0.4, -0.2) is 40.3 Å². The molecule has 1 amide bonds. The molecule has 0 aromatic heterocycles. The summed E-state index contributed by atoms with van der Waals surface area (Å²) in [5, 5.41) is 9.54. The van der Waals surface area contributed by atoms with Crippen molar-refractivity contribution in [2.45, 2.75) is 90.5 Å². The van der Waals surface area contributed by atoms with E-state index < -0.39 is 29.1 Å². The molecule has 200 valence electrons. The van der Waals surface area contributed by atoms with Gasteiger partial charge in [-0.3, -0.25) is 9.59 Å². The van der Waals surface area contributed by atoms with E-state index in [1.807, 2.05) is 26.0 Å². The van der Waals surface area contributed by atoms with Crippen LogP contribution in [0.15, 0.2) is 60.7 Å². The van der Waals surface area contributed by atoms with Crippen LogP contribution < -0.4 is 0 Å². The second-order valence-corrected chi connectivity index (χ2v) is 11.2. The molecule has 1 aliphatic rings. The van der Waals surface area contributed by atoms with Crippen LogP contribution in [0.3, 0.4) is 0 Å². The number of hydrogen-bond donors (Lipinski definition) is 1. The third-order valence-corrected chi connectivity index (χ3v) is 7.88. The molecule has 5 nitrogen and oxygen atoms in total. The molecule has 1 atom stereocenters. The van der Waals surface area contributed by atoms with Gasteiger partial charge in [0.1, 0.15) is 6.04 Å². The van der Waals surface area contributed by atoms with Crippen molar-refractivity contribution in [2.75, 3.05) is 6.54 Å². The summed E-state index contributed by atoms with van der Waals surface area (Å²) in [5.74, 6) is -1.61. The number of carbonyl (C=O) groups excluding carboxylic acids is 2. The molecule has 2 aromatic carbocycles. The van der Waals surface area contributed by atoms with E-state index in [9.17, 15) is 19.5 Å². The summed E-state index contributed by atoms with van der Waals surface area (Å²) in [5.41, 5.74) is 1.89. The number of carboxylic acid groups (broad SMARTS) is 1. The van der Waals surface area contributed by atoms with Gasteiger partial charge < -0.3 is 10.0 Å². The highest BCUT2D eigenvalue weighted by atomic mass is 16.4. The van der Waals surface area contributed by atoms with E-state index in [4.69, 9.17) is 0 Å². The molecule has 0 radical (unpaired) electrons. The molecule has 1 aliphatic heterocycles. The zero-order valence-corrected chi connectivity index (χ0v) is 22.5. The topological polar surface area (TPSA) is 74.7 Å². The number of Topliss-reactive ketones (excluding diaryl/α,β-unsaturated/α-hetero) is 1. The number of carbonyl (C=O) groups is 3. The third kappa shape index (κ3) is 8.84. The van der Waals surface area contributed by atoms with Crippen LogP contribution >= 0.6 is 0 Å². The molecule has 1 saturated heterocycles. The number of ketones is 1. The summed E-state index contributed by atoms with van der Waals surface area (Å²) < 4.78 is 0. The molecule has 1 fully saturated rings. The van der Waals surface area contributed by atoms with Crippen LogP contribution in [0.5, 0.6) is 0 Å². The molecule has 0 spiro atoms. The fourth-order valence-corrected chi connectivity index (χ4v) is 5.44. The van der Waals surface area contributed by atoms with E-state index >= 15 is 0 Å². The van der Waals surface area contributed by atoms with Crippen molar-refractivity contribution in [2.24, 2.45) is 11.3 Å². The van der Waals surface area contributed by atoms with Crippen LogP contribution in [0.2, 0.25) is 0 Å². The third-order valence-electron chi connectivity index (χ3n) is 7.88. The first-order valence-corrected chi connectivity index (χ1v) is 13.9. The fourth-order valence-electron chi connectivity index (χ4n) is 5.44. The predicted molar refractivity (Wildman–Crippen MR) is 147 cm³/mol. The van der Waals surface area contributed by atoms with Crippen LogP contribution in [0.1, 0.15) is 82.8 Å². The predicted octanol–water partition coefficient (Wildman–Crippen LogP) is 6.49. The lowest BCUT2D eigenvalue weighted by Gasteiger charge is -2.35. The molecule has 37 heavy (non-hydrogen) atoms. The van der Waals surface area contributed by atoms with Gasteiger partial charge in [0.25, 0.3) is 5.91 Å². The summed E-state index contributed by atoms with van der Waals surface area (Å²) in [6.45, 7) is 4.04. The quantitative estimate of drug-likeness (QED) is 0.298. The maximum Gasteiger partial charge on any atom is 0.326 e. The first kappa shape index (κ1) is 28.6. The molecule has 1 unspecified atom stereocenters. The zero-order chi connectivity index (χ0) is 26.7. The van der Waals surface area contributed by atoms with Gasteiger partial charge in [-0.15, -0.1) is 0 Å². The number of rotatable bonds is 14. The Morgan fingerprint density at radius 2 is 1.41 bits per heavy atom. The summed E-state index contributed by atoms with van der Waals surface area (Å²) in [6, 6.07) is 20.2. The van der Waals surface area contributed by atoms with Gasteiger partial charge in [-0.05, 0) is 74.8 Å². The van der Waals surface area contributed by atoms with Crippen molar-refractivity contribution in [1.82, 2.24) is 4.90 Å². The van der Waals surface area contributed by atoms with Crippen molar-refractivity contribution in [1.29, 1.82) is 0 Å². The van der Waals surface area contributed by atoms with Gasteiger partial charge in [-0.2, -0.15) is 0 Å². The summed E-state index contributed by atoms with van der Waals surface area (Å²) in [6.07, 6.45) is 9.92. The lowest BCUT2D eigenvalue weighted by Crippen LogP contribution is -2.52. The Morgan fingerprint density at radius 1 is 0.865 bits per heavy atom. The Kier molecular flexibility index (Phi) is 10.9. The summed E-state index contributed by atoms with van der Waals surface area (Å²) >= 11 is 0. The van der Waals surface area contributed by atoms with E-state index in [0.717, 1.165) is 57.8 Å². The van der Waals surface area contributed by atoms with Gasteiger partial charge in [0, 0.05) is 12.0 Å². The Labute approximate surface area is 222 Å². The summed E-state index contributed by atoms with van der Waals surface area (Å²) in [4.78, 5) is 39.3. The highest BCUT2D eigenvalue weighted by Crippen LogP contribution is 2.32. The molecule has 0 aliphatic carbocycles. The molecule has 1 N–H and O–H groups in total. The molecule has 1 heterocycles. The summed E-state index contributed by atoms with van der Waals surface area (Å²) in [7, 11) is 0. The first-order valence-electron chi connectivity index (χ1n) is 13.9. The maximum atomic E-state index is 13.3. The van der Waals surface area contributed by atoms with Crippen molar-refractivity contribution >= 4 is 17.7 Å². The SMILES string of the molecule is CC(C)(CCC(CCCc1ccccc1)CCCc1ccccc1)C(=O)C(=O)N1CCCCC1C(=O)O. The standard InChI is InChI=1S/C32H43NO4/c1-32(2,29(34)30(35)33-24-10-9-21-28(33)31(36)37)23-22-27(19-11-17-25-13-5-3-6-14-25)20-12-18-26-15-7-4-8-16-26/h3-8,13-16,27-28H,9-12,17-24H2,1-2H3,(H,36,37). The van der Waals surface area contributed by atoms with Crippen LogP contribution in [0, 0.1) is 11.3 Å². The van der Waals surface area contributed by atoms with Crippen LogP contribution in [0.4, 0.5) is 0 Å². The lowest BCUT2D eigenvalue weighted by molar-refractivity contribution is -0.158. The van der Waals surface area contributed by atoms with Gasteiger partial charge in [0.05, 0.1) is 0 Å². The second-order valence-electron chi connectivity index (χ2n) is 11.2. The number of aliphatic carboxylic acids is 1. The van der Waals surface area contributed by atoms with Crippen molar-refractivity contribution in [3.8, 4) is 0 Å². The zero-order valence-electron chi connectivity index (χ0n) is 22.5. The minimum Gasteiger partial charge on any atom is -0.480 e. The number of carboxylic acids is 1. The number of likely N-dealkylation sites (tertiary alicyclic amines) is 1. The number of benzene rings is 2. The Hall–Kier alpha value is -2.95. The fraction of sp³-hybridized carbons (Fsp3) is 0.531. The highest BCUT2D eigenvalue weighted by molar-refractivity contribution is 6.38. The van der Waals surface area contributed by atoms with Crippen molar-refractivity contribution in [3.63, 3.8) is 0 Å².